The maximum atomic E-state index is 5.84. The highest BCUT2D eigenvalue weighted by Gasteiger charge is 2.19. The summed E-state index contributed by atoms with van der Waals surface area (Å²) in [6, 6.07) is 8.78. The van der Waals surface area contributed by atoms with Crippen molar-refractivity contribution in [2.24, 2.45) is 0 Å². The summed E-state index contributed by atoms with van der Waals surface area (Å²) in [7, 11) is 2.21. The van der Waals surface area contributed by atoms with Gasteiger partial charge in [0.15, 0.2) is 0 Å². The Morgan fingerprint density at radius 1 is 1.16 bits per heavy atom. The Labute approximate surface area is 114 Å². The second-order valence-electron chi connectivity index (χ2n) is 5.51. The molecule has 0 amide bonds. The van der Waals surface area contributed by atoms with E-state index in [-0.39, 0.29) is 0 Å². The third-order valence-corrected chi connectivity index (χ3v) is 4.25. The van der Waals surface area contributed by atoms with Crippen molar-refractivity contribution >= 4 is 22.3 Å². The van der Waals surface area contributed by atoms with E-state index in [2.05, 4.69) is 29.1 Å². The Morgan fingerprint density at radius 3 is 2.74 bits per heavy atom. The number of nitrogens with two attached hydrogens (primary N) is 1. The lowest BCUT2D eigenvalue weighted by molar-refractivity contribution is 0.428. The van der Waals surface area contributed by atoms with Gasteiger partial charge in [0.2, 0.25) is 0 Å². The minimum Gasteiger partial charge on any atom is -0.399 e. The lowest BCUT2D eigenvalue weighted by Gasteiger charge is -2.33. The van der Waals surface area contributed by atoms with Crippen LogP contribution in [0.5, 0.6) is 0 Å². The molecule has 3 rings (SSSR count). The standard InChI is InChI=1S/C16H21N3/c1-19(13-5-3-2-4-6-13)16-9-10-18-15-11-12(17)7-8-14(15)16/h7-11,13H,2-6,17H2,1H3. The minimum absolute atomic E-state index is 0.664. The summed E-state index contributed by atoms with van der Waals surface area (Å²) < 4.78 is 0. The Kier molecular flexibility index (Phi) is 3.28. The lowest BCUT2D eigenvalue weighted by atomic mass is 9.94. The van der Waals surface area contributed by atoms with Crippen LogP contribution in [0.1, 0.15) is 32.1 Å². The van der Waals surface area contributed by atoms with Crippen molar-refractivity contribution in [3.8, 4) is 0 Å². The number of nitrogens with zero attached hydrogens (tertiary/aromatic N) is 2. The number of aromatic nitrogens is 1. The van der Waals surface area contributed by atoms with Gasteiger partial charge in [0, 0.05) is 36.0 Å². The van der Waals surface area contributed by atoms with Crippen molar-refractivity contribution in [3.63, 3.8) is 0 Å². The zero-order valence-corrected chi connectivity index (χ0v) is 11.5. The number of pyridine rings is 1. The molecule has 0 aliphatic heterocycles. The first kappa shape index (κ1) is 12.3. The molecule has 2 N–H and O–H groups in total. The summed E-state index contributed by atoms with van der Waals surface area (Å²) in [6.45, 7) is 0. The summed E-state index contributed by atoms with van der Waals surface area (Å²) in [5, 5.41) is 1.20. The van der Waals surface area contributed by atoms with Gasteiger partial charge in [-0.15, -0.1) is 0 Å². The summed E-state index contributed by atoms with van der Waals surface area (Å²) in [5.74, 6) is 0. The molecule has 1 heterocycles. The van der Waals surface area contributed by atoms with Crippen molar-refractivity contribution in [2.45, 2.75) is 38.1 Å². The fraction of sp³-hybridized carbons (Fsp3) is 0.438. The van der Waals surface area contributed by atoms with Crippen molar-refractivity contribution in [2.75, 3.05) is 17.7 Å². The molecule has 1 saturated carbocycles. The molecule has 0 unspecified atom stereocenters. The van der Waals surface area contributed by atoms with Crippen LogP contribution < -0.4 is 10.6 Å². The van der Waals surface area contributed by atoms with E-state index >= 15 is 0 Å². The van der Waals surface area contributed by atoms with Gasteiger partial charge in [-0.25, -0.2) is 0 Å². The molecule has 1 aliphatic rings. The molecule has 3 nitrogen and oxygen atoms in total. The first-order chi connectivity index (χ1) is 9.25. The number of nitrogen functional groups attached to an aromatic ring is 1. The van der Waals surface area contributed by atoms with Crippen LogP contribution in [-0.4, -0.2) is 18.1 Å². The van der Waals surface area contributed by atoms with E-state index in [0.29, 0.717) is 6.04 Å². The van der Waals surface area contributed by atoms with E-state index in [1.54, 1.807) is 0 Å². The van der Waals surface area contributed by atoms with Crippen LogP contribution in [0.15, 0.2) is 30.5 Å². The van der Waals surface area contributed by atoms with Crippen molar-refractivity contribution in [1.29, 1.82) is 0 Å². The average molecular weight is 255 g/mol. The van der Waals surface area contributed by atoms with Crippen LogP contribution in [-0.2, 0) is 0 Å². The van der Waals surface area contributed by atoms with Crippen LogP contribution in [0.2, 0.25) is 0 Å². The highest BCUT2D eigenvalue weighted by molar-refractivity contribution is 5.93. The maximum Gasteiger partial charge on any atom is 0.0743 e. The molecule has 1 aliphatic carbocycles. The smallest absolute Gasteiger partial charge is 0.0743 e. The van der Waals surface area contributed by atoms with Crippen LogP contribution in [0.25, 0.3) is 10.9 Å². The molecule has 0 saturated heterocycles. The van der Waals surface area contributed by atoms with Crippen molar-refractivity contribution in [1.82, 2.24) is 4.98 Å². The second-order valence-corrected chi connectivity index (χ2v) is 5.51. The molecule has 1 aromatic carbocycles. The van der Waals surface area contributed by atoms with Gasteiger partial charge in [-0.3, -0.25) is 4.98 Å². The first-order valence-electron chi connectivity index (χ1n) is 7.13. The predicted octanol–water partition coefficient (Wildman–Crippen LogP) is 3.59. The SMILES string of the molecule is CN(c1ccnc2cc(N)ccc12)C1CCCCC1. The van der Waals surface area contributed by atoms with E-state index in [1.807, 2.05) is 18.3 Å². The van der Waals surface area contributed by atoms with Gasteiger partial charge in [0.25, 0.3) is 0 Å². The molecule has 2 aromatic rings. The monoisotopic (exact) mass is 255 g/mol. The zero-order valence-electron chi connectivity index (χ0n) is 11.5. The number of hydrogen-bond acceptors (Lipinski definition) is 3. The topological polar surface area (TPSA) is 42.2 Å². The molecule has 0 bridgehead atoms. The van der Waals surface area contributed by atoms with E-state index < -0.39 is 0 Å². The number of hydrogen-bond donors (Lipinski definition) is 1. The first-order valence-corrected chi connectivity index (χ1v) is 7.13. The summed E-state index contributed by atoms with van der Waals surface area (Å²) >= 11 is 0. The maximum absolute atomic E-state index is 5.84. The normalized spacial score (nSPS) is 16.7. The number of benzene rings is 1. The van der Waals surface area contributed by atoms with Crippen molar-refractivity contribution < 1.29 is 0 Å². The van der Waals surface area contributed by atoms with E-state index in [1.165, 1.54) is 43.2 Å². The molecule has 19 heavy (non-hydrogen) atoms. The number of rotatable bonds is 2. The zero-order chi connectivity index (χ0) is 13.2. The Balaban J connectivity index is 1.99. The molecule has 100 valence electrons. The lowest BCUT2D eigenvalue weighted by Crippen LogP contribution is -2.33. The van der Waals surface area contributed by atoms with Gasteiger partial charge in [-0.05, 0) is 37.1 Å². The molecular weight excluding hydrogens is 234 g/mol. The van der Waals surface area contributed by atoms with Gasteiger partial charge in [0.1, 0.15) is 0 Å². The van der Waals surface area contributed by atoms with Crippen LogP contribution in [0.3, 0.4) is 0 Å². The molecular formula is C16H21N3. The van der Waals surface area contributed by atoms with Gasteiger partial charge in [-0.1, -0.05) is 19.3 Å². The minimum atomic E-state index is 0.664. The Hall–Kier alpha value is -1.77. The Bertz CT molecular complexity index is 573. The van der Waals surface area contributed by atoms with E-state index in [9.17, 15) is 0 Å². The Morgan fingerprint density at radius 2 is 1.95 bits per heavy atom. The van der Waals surface area contributed by atoms with Gasteiger partial charge in [-0.2, -0.15) is 0 Å². The molecule has 0 atom stereocenters. The van der Waals surface area contributed by atoms with Crippen molar-refractivity contribution in [3.05, 3.63) is 30.5 Å². The predicted molar refractivity (Wildman–Crippen MR) is 81.4 cm³/mol. The molecule has 1 fully saturated rings. The van der Waals surface area contributed by atoms with Gasteiger partial charge in [0.05, 0.1) is 5.52 Å². The highest BCUT2D eigenvalue weighted by Crippen LogP contribution is 2.31. The summed E-state index contributed by atoms with van der Waals surface area (Å²) in [4.78, 5) is 6.85. The second kappa shape index (κ2) is 5.08. The van der Waals surface area contributed by atoms with Gasteiger partial charge < -0.3 is 10.6 Å². The van der Waals surface area contributed by atoms with E-state index in [0.717, 1.165) is 11.2 Å². The molecule has 0 spiro atoms. The average Bonchev–Trinajstić information content (AvgIpc) is 2.46. The molecule has 1 aromatic heterocycles. The fourth-order valence-electron chi connectivity index (χ4n) is 3.12. The fourth-order valence-corrected chi connectivity index (χ4v) is 3.12. The summed E-state index contributed by atoms with van der Waals surface area (Å²) in [6.07, 6.45) is 8.58. The van der Waals surface area contributed by atoms with E-state index in [4.69, 9.17) is 5.73 Å². The number of fused-ring (bicyclic) bond motifs is 1. The van der Waals surface area contributed by atoms with Crippen LogP contribution in [0, 0.1) is 0 Å². The quantitative estimate of drug-likeness (QED) is 0.834. The molecule has 0 radical (unpaired) electrons. The summed E-state index contributed by atoms with van der Waals surface area (Å²) in [5.41, 5.74) is 8.88. The van der Waals surface area contributed by atoms with Gasteiger partial charge >= 0.3 is 0 Å². The third-order valence-electron chi connectivity index (χ3n) is 4.25. The van der Waals surface area contributed by atoms with Crippen LogP contribution in [0.4, 0.5) is 11.4 Å². The number of anilines is 2. The van der Waals surface area contributed by atoms with Crippen LogP contribution >= 0.6 is 0 Å². The third kappa shape index (κ3) is 2.37. The molecule has 3 heteroatoms. The highest BCUT2D eigenvalue weighted by atomic mass is 15.1. The largest absolute Gasteiger partial charge is 0.399 e.